The summed E-state index contributed by atoms with van der Waals surface area (Å²) in [5.74, 6) is 1.47. The summed E-state index contributed by atoms with van der Waals surface area (Å²) in [6.07, 6.45) is 3.09. The van der Waals surface area contributed by atoms with Gasteiger partial charge in [-0.2, -0.15) is 0 Å². The van der Waals surface area contributed by atoms with Crippen LogP contribution in [0.5, 0.6) is 0 Å². The Morgan fingerprint density at radius 2 is 2.11 bits per heavy atom. The molecule has 2 atom stereocenters. The molecule has 2 unspecified atom stereocenters. The summed E-state index contributed by atoms with van der Waals surface area (Å²) in [5.41, 5.74) is 0. The van der Waals surface area contributed by atoms with Gasteiger partial charge in [0, 0.05) is 19.5 Å². The van der Waals surface area contributed by atoms with E-state index in [4.69, 9.17) is 0 Å². The Bertz CT molecular complexity index is 260. The van der Waals surface area contributed by atoms with Crippen LogP contribution in [0.15, 0.2) is 0 Å². The Morgan fingerprint density at radius 3 is 2.68 bits per heavy atom. The number of carbonyl (C=O) groups is 1. The Labute approximate surface area is 128 Å². The largest absolute Gasteiger partial charge is 0.356 e. The van der Waals surface area contributed by atoms with Crippen LogP contribution >= 0.6 is 24.8 Å². The second-order valence-corrected chi connectivity index (χ2v) is 5.41. The van der Waals surface area contributed by atoms with Crippen molar-refractivity contribution in [3.63, 3.8) is 0 Å². The van der Waals surface area contributed by atoms with Gasteiger partial charge in [-0.25, -0.2) is 0 Å². The summed E-state index contributed by atoms with van der Waals surface area (Å²) in [6.45, 7) is 8.65. The molecule has 2 rings (SSSR count). The minimum absolute atomic E-state index is 0. The molecule has 0 bridgehead atoms. The van der Waals surface area contributed by atoms with E-state index in [1.54, 1.807) is 0 Å². The monoisotopic (exact) mass is 311 g/mol. The molecule has 2 aliphatic rings. The number of hydrogen-bond donors (Lipinski definition) is 2. The molecule has 0 radical (unpaired) electrons. The SMILES string of the molecule is CCN1CCC(CNC(=O)CC2CCNC2)C1.Cl.Cl. The van der Waals surface area contributed by atoms with Crippen molar-refractivity contribution < 1.29 is 4.79 Å². The van der Waals surface area contributed by atoms with Gasteiger partial charge < -0.3 is 15.5 Å². The molecule has 2 saturated heterocycles. The highest BCUT2D eigenvalue weighted by molar-refractivity contribution is 5.85. The molecule has 4 nitrogen and oxygen atoms in total. The molecule has 6 heteroatoms. The summed E-state index contributed by atoms with van der Waals surface area (Å²) >= 11 is 0. The number of amides is 1. The lowest BCUT2D eigenvalue weighted by molar-refractivity contribution is -0.122. The normalized spacial score (nSPS) is 26.6. The third-order valence-electron chi connectivity index (χ3n) is 4.04. The molecule has 2 N–H and O–H groups in total. The minimum Gasteiger partial charge on any atom is -0.356 e. The first-order chi connectivity index (χ1) is 8.28. The van der Waals surface area contributed by atoms with E-state index in [9.17, 15) is 4.79 Å². The third-order valence-corrected chi connectivity index (χ3v) is 4.04. The van der Waals surface area contributed by atoms with Crippen LogP contribution in [0.3, 0.4) is 0 Å². The van der Waals surface area contributed by atoms with Gasteiger partial charge in [0.2, 0.25) is 5.91 Å². The first-order valence-electron chi connectivity index (χ1n) is 6.97. The van der Waals surface area contributed by atoms with E-state index in [1.165, 1.54) is 13.0 Å². The predicted molar refractivity (Wildman–Crippen MR) is 83.3 cm³/mol. The van der Waals surface area contributed by atoms with Crippen LogP contribution in [-0.4, -0.2) is 50.1 Å². The topological polar surface area (TPSA) is 44.4 Å². The molecular formula is C13H27Cl2N3O. The molecule has 0 aromatic heterocycles. The van der Waals surface area contributed by atoms with E-state index >= 15 is 0 Å². The molecule has 0 saturated carbocycles. The average Bonchev–Trinajstić information content (AvgIpc) is 2.96. The van der Waals surface area contributed by atoms with E-state index in [1.807, 2.05) is 0 Å². The Morgan fingerprint density at radius 1 is 1.32 bits per heavy atom. The Balaban J connectivity index is 0.00000162. The molecular weight excluding hydrogens is 285 g/mol. The fourth-order valence-electron chi connectivity index (χ4n) is 2.85. The zero-order chi connectivity index (χ0) is 12.1. The highest BCUT2D eigenvalue weighted by atomic mass is 35.5. The number of nitrogens with one attached hydrogen (secondary N) is 2. The van der Waals surface area contributed by atoms with E-state index < -0.39 is 0 Å². The van der Waals surface area contributed by atoms with Gasteiger partial charge in [0.15, 0.2) is 0 Å². The van der Waals surface area contributed by atoms with Crippen molar-refractivity contribution in [1.29, 1.82) is 0 Å². The van der Waals surface area contributed by atoms with E-state index in [0.29, 0.717) is 18.3 Å². The van der Waals surface area contributed by atoms with Crippen LogP contribution in [-0.2, 0) is 4.79 Å². The molecule has 0 aromatic carbocycles. The lowest BCUT2D eigenvalue weighted by Crippen LogP contribution is -2.32. The standard InChI is InChI=1S/C13H25N3O.2ClH/c1-2-16-6-4-12(10-16)9-15-13(17)7-11-3-5-14-8-11;;/h11-12,14H,2-10H2,1H3,(H,15,17);2*1H. The number of likely N-dealkylation sites (tertiary alicyclic amines) is 1. The summed E-state index contributed by atoms with van der Waals surface area (Å²) in [6, 6.07) is 0. The van der Waals surface area contributed by atoms with Gasteiger partial charge in [-0.05, 0) is 50.9 Å². The lowest BCUT2D eigenvalue weighted by atomic mass is 10.0. The van der Waals surface area contributed by atoms with Crippen molar-refractivity contribution >= 4 is 30.7 Å². The fraction of sp³-hybridized carbons (Fsp3) is 0.923. The molecule has 1 amide bonds. The first kappa shape index (κ1) is 19.0. The number of nitrogens with zero attached hydrogens (tertiary/aromatic N) is 1. The van der Waals surface area contributed by atoms with Crippen LogP contribution in [0.4, 0.5) is 0 Å². The van der Waals surface area contributed by atoms with Crippen molar-refractivity contribution in [3.05, 3.63) is 0 Å². The number of halogens is 2. The first-order valence-corrected chi connectivity index (χ1v) is 6.97. The van der Waals surface area contributed by atoms with E-state index in [2.05, 4.69) is 22.5 Å². The molecule has 19 heavy (non-hydrogen) atoms. The summed E-state index contributed by atoms with van der Waals surface area (Å²) in [5, 5.41) is 6.40. The van der Waals surface area contributed by atoms with Crippen LogP contribution in [0.2, 0.25) is 0 Å². The molecule has 2 aliphatic heterocycles. The van der Waals surface area contributed by atoms with Crippen LogP contribution in [0.1, 0.15) is 26.2 Å². The highest BCUT2D eigenvalue weighted by Gasteiger charge is 2.22. The van der Waals surface area contributed by atoms with Gasteiger partial charge in [-0.1, -0.05) is 6.92 Å². The molecule has 2 heterocycles. The lowest BCUT2D eigenvalue weighted by Gasteiger charge is -2.14. The second kappa shape index (κ2) is 9.81. The van der Waals surface area contributed by atoms with Crippen molar-refractivity contribution in [3.8, 4) is 0 Å². The smallest absolute Gasteiger partial charge is 0.220 e. The van der Waals surface area contributed by atoms with Crippen LogP contribution in [0.25, 0.3) is 0 Å². The van der Waals surface area contributed by atoms with Gasteiger partial charge in [0.05, 0.1) is 0 Å². The number of carbonyl (C=O) groups excluding carboxylic acids is 1. The van der Waals surface area contributed by atoms with Gasteiger partial charge in [0.25, 0.3) is 0 Å². The van der Waals surface area contributed by atoms with Crippen molar-refractivity contribution in [2.24, 2.45) is 11.8 Å². The molecule has 114 valence electrons. The van der Waals surface area contributed by atoms with Crippen LogP contribution < -0.4 is 10.6 Å². The summed E-state index contributed by atoms with van der Waals surface area (Å²) in [4.78, 5) is 14.2. The van der Waals surface area contributed by atoms with E-state index in [0.717, 1.165) is 39.1 Å². The van der Waals surface area contributed by atoms with Gasteiger partial charge in [-0.3, -0.25) is 4.79 Å². The zero-order valence-electron chi connectivity index (χ0n) is 11.7. The maximum atomic E-state index is 11.8. The number of hydrogen-bond acceptors (Lipinski definition) is 3. The molecule has 0 aromatic rings. The van der Waals surface area contributed by atoms with Gasteiger partial charge in [-0.15, -0.1) is 24.8 Å². The van der Waals surface area contributed by atoms with Gasteiger partial charge in [0.1, 0.15) is 0 Å². The molecule has 2 fully saturated rings. The van der Waals surface area contributed by atoms with Crippen LogP contribution in [0, 0.1) is 11.8 Å². The maximum Gasteiger partial charge on any atom is 0.220 e. The average molecular weight is 312 g/mol. The highest BCUT2D eigenvalue weighted by Crippen LogP contribution is 2.15. The number of rotatable bonds is 5. The maximum absolute atomic E-state index is 11.8. The van der Waals surface area contributed by atoms with Crippen molar-refractivity contribution in [1.82, 2.24) is 15.5 Å². The van der Waals surface area contributed by atoms with E-state index in [-0.39, 0.29) is 30.7 Å². The van der Waals surface area contributed by atoms with Crippen molar-refractivity contribution in [2.75, 3.05) is 39.3 Å². The quantitative estimate of drug-likeness (QED) is 0.804. The zero-order valence-corrected chi connectivity index (χ0v) is 13.3. The van der Waals surface area contributed by atoms with Gasteiger partial charge >= 0.3 is 0 Å². The van der Waals surface area contributed by atoms with Crippen molar-refractivity contribution in [2.45, 2.75) is 26.2 Å². The second-order valence-electron chi connectivity index (χ2n) is 5.41. The third kappa shape index (κ3) is 6.30. The Kier molecular flexibility index (Phi) is 9.79. The Hall–Kier alpha value is -0.0300. The molecule has 0 aliphatic carbocycles. The summed E-state index contributed by atoms with van der Waals surface area (Å²) < 4.78 is 0. The fourth-order valence-corrected chi connectivity index (χ4v) is 2.85. The minimum atomic E-state index is 0. The predicted octanol–water partition coefficient (Wildman–Crippen LogP) is 1.29. The summed E-state index contributed by atoms with van der Waals surface area (Å²) in [7, 11) is 0. The molecule has 0 spiro atoms.